The van der Waals surface area contributed by atoms with Gasteiger partial charge in [0.15, 0.2) is 7.28 Å². The molecule has 55 heavy (non-hydrogen) atoms. The Labute approximate surface area is 322 Å². The fourth-order valence-corrected chi connectivity index (χ4v) is 9.26. The second kappa shape index (κ2) is 12.1. The minimum atomic E-state index is -0.165. The van der Waals surface area contributed by atoms with Gasteiger partial charge in [0, 0.05) is 50.2 Å². The first-order chi connectivity index (χ1) is 27.1. The summed E-state index contributed by atoms with van der Waals surface area (Å²) < 4.78 is 2.51. The smallest absolute Gasteiger partial charge is 0.197 e. The molecule has 0 bridgehead atoms. The molecule has 0 atom stereocenters. The first-order valence-electron chi connectivity index (χ1n) is 19.1. The molecule has 0 amide bonds. The highest BCUT2D eigenvalue weighted by Crippen LogP contribution is 2.53. The molecule has 3 nitrogen and oxygen atoms in total. The molecule has 0 saturated carbocycles. The van der Waals surface area contributed by atoms with Crippen molar-refractivity contribution in [1.29, 1.82) is 0 Å². The van der Waals surface area contributed by atoms with Crippen LogP contribution in [0.1, 0.15) is 25.0 Å². The van der Waals surface area contributed by atoms with Gasteiger partial charge in [-0.25, -0.2) is 0 Å². The van der Waals surface area contributed by atoms with Crippen molar-refractivity contribution < 1.29 is 0 Å². The van der Waals surface area contributed by atoms with Gasteiger partial charge in [-0.15, -0.1) is 0 Å². The van der Waals surface area contributed by atoms with Gasteiger partial charge in [-0.2, -0.15) is 0 Å². The van der Waals surface area contributed by atoms with Crippen molar-refractivity contribution in [3.05, 3.63) is 193 Å². The zero-order valence-electron chi connectivity index (χ0n) is 30.8. The van der Waals surface area contributed by atoms with Crippen LogP contribution in [-0.2, 0) is 5.41 Å². The molecule has 0 fully saturated rings. The van der Waals surface area contributed by atoms with E-state index in [2.05, 4.69) is 218 Å². The first kappa shape index (κ1) is 31.7. The van der Waals surface area contributed by atoms with E-state index in [1.165, 1.54) is 71.8 Å². The van der Waals surface area contributed by atoms with Crippen LogP contribution >= 0.6 is 0 Å². The SMILES string of the molecule is CC1(C)c2ccccc2-c2cc(Nc3ccccc3)c(-c3cc(N(c4ccccc4)c4ccccc4)c4c5ccccc5n5c4c3[B]c3ccccc3-5)cc21. The lowest BCUT2D eigenvalue weighted by atomic mass is 9.59. The van der Waals surface area contributed by atoms with Crippen LogP contribution in [0.15, 0.2) is 182 Å². The summed E-state index contributed by atoms with van der Waals surface area (Å²) in [6.07, 6.45) is 0. The van der Waals surface area contributed by atoms with E-state index >= 15 is 0 Å². The molecule has 0 saturated heterocycles. The molecule has 1 aromatic heterocycles. The van der Waals surface area contributed by atoms with Crippen molar-refractivity contribution >= 4 is 68.4 Å². The minimum Gasteiger partial charge on any atom is -0.355 e. The van der Waals surface area contributed by atoms with Gasteiger partial charge >= 0.3 is 0 Å². The maximum atomic E-state index is 3.91. The molecule has 4 heteroatoms. The standard InChI is InChI=1S/C51H37BN3/c1-51(2)41-26-14-12-24-36(41)38-31-44(53-33-18-6-3-7-19-33)39(30-42(38)51)40-32-47(54(34-20-8-4-9-21-34)35-22-10-5-11-23-35)48-37-25-13-16-28-45(37)55-46-29-17-15-27-43(46)52-49(40)50(48)55/h3-32,53H,1-2H3. The third kappa shape index (κ3) is 4.78. The van der Waals surface area contributed by atoms with Gasteiger partial charge in [0.2, 0.25) is 0 Å². The Kier molecular flexibility index (Phi) is 6.99. The lowest BCUT2D eigenvalue weighted by Gasteiger charge is -2.30. The molecule has 259 valence electrons. The molecule has 1 aliphatic carbocycles. The van der Waals surface area contributed by atoms with Crippen LogP contribution in [0.3, 0.4) is 0 Å². The average molecular weight is 703 g/mol. The van der Waals surface area contributed by atoms with E-state index in [-0.39, 0.29) is 5.41 Å². The highest BCUT2D eigenvalue weighted by molar-refractivity contribution is 6.73. The molecule has 2 heterocycles. The van der Waals surface area contributed by atoms with Gasteiger partial charge in [0.25, 0.3) is 0 Å². The Morgan fingerprint density at radius 3 is 1.95 bits per heavy atom. The van der Waals surface area contributed by atoms with E-state index in [9.17, 15) is 0 Å². The molecule has 1 aliphatic heterocycles. The number of hydrogen-bond acceptors (Lipinski definition) is 2. The van der Waals surface area contributed by atoms with Crippen LogP contribution < -0.4 is 21.1 Å². The topological polar surface area (TPSA) is 20.2 Å². The van der Waals surface area contributed by atoms with Crippen molar-refractivity contribution in [2.45, 2.75) is 19.3 Å². The van der Waals surface area contributed by atoms with E-state index in [1.807, 2.05) is 0 Å². The van der Waals surface area contributed by atoms with Crippen LogP contribution in [0.4, 0.5) is 28.4 Å². The summed E-state index contributed by atoms with van der Waals surface area (Å²) >= 11 is 0. The van der Waals surface area contributed by atoms with E-state index in [0.29, 0.717) is 0 Å². The number of nitrogens with one attached hydrogen (secondary N) is 1. The van der Waals surface area contributed by atoms with Gasteiger partial charge in [0.05, 0.1) is 16.7 Å². The lowest BCUT2D eigenvalue weighted by Crippen LogP contribution is -2.37. The van der Waals surface area contributed by atoms with Crippen LogP contribution in [0, 0.1) is 0 Å². The van der Waals surface area contributed by atoms with Crippen molar-refractivity contribution in [1.82, 2.24) is 4.57 Å². The average Bonchev–Trinajstić information content (AvgIpc) is 3.69. The number of benzene rings is 8. The maximum Gasteiger partial charge on any atom is 0.197 e. The largest absolute Gasteiger partial charge is 0.355 e. The molecule has 2 aliphatic rings. The number of nitrogens with zero attached hydrogens (tertiary/aromatic N) is 2. The van der Waals surface area contributed by atoms with E-state index < -0.39 is 0 Å². The Balaban J connectivity index is 1.30. The fourth-order valence-electron chi connectivity index (χ4n) is 9.26. The van der Waals surface area contributed by atoms with Gasteiger partial charge in [-0.05, 0) is 100 Å². The molecule has 8 aromatic carbocycles. The van der Waals surface area contributed by atoms with E-state index in [1.54, 1.807) is 0 Å². The highest BCUT2D eigenvalue weighted by atomic mass is 15.1. The molecule has 1 radical (unpaired) electrons. The highest BCUT2D eigenvalue weighted by Gasteiger charge is 2.37. The summed E-state index contributed by atoms with van der Waals surface area (Å²) in [5, 5.41) is 6.38. The summed E-state index contributed by atoms with van der Waals surface area (Å²) in [5.41, 5.74) is 19.1. The quantitative estimate of drug-likeness (QED) is 0.174. The van der Waals surface area contributed by atoms with Gasteiger partial charge in [-0.1, -0.05) is 135 Å². The molecular weight excluding hydrogens is 665 g/mol. The zero-order valence-corrected chi connectivity index (χ0v) is 30.8. The predicted octanol–water partition coefficient (Wildman–Crippen LogP) is 11.9. The molecule has 0 unspecified atom stereocenters. The van der Waals surface area contributed by atoms with Crippen LogP contribution in [-0.4, -0.2) is 11.8 Å². The molecule has 1 N–H and O–H groups in total. The number of anilines is 5. The van der Waals surface area contributed by atoms with E-state index in [4.69, 9.17) is 0 Å². The molecule has 9 aromatic rings. The Morgan fingerprint density at radius 2 is 1.18 bits per heavy atom. The van der Waals surface area contributed by atoms with Crippen LogP contribution in [0.5, 0.6) is 0 Å². The summed E-state index contributed by atoms with van der Waals surface area (Å²) in [6.45, 7) is 4.74. The number of fused-ring (bicyclic) bond motifs is 8. The number of aromatic nitrogens is 1. The molecule has 0 spiro atoms. The third-order valence-electron chi connectivity index (χ3n) is 11.8. The number of hydrogen-bond donors (Lipinski definition) is 1. The van der Waals surface area contributed by atoms with Crippen LogP contribution in [0.25, 0.3) is 49.7 Å². The number of para-hydroxylation sites is 5. The Hall–Kier alpha value is -6.78. The van der Waals surface area contributed by atoms with Gasteiger partial charge in [-0.3, -0.25) is 0 Å². The lowest BCUT2D eigenvalue weighted by molar-refractivity contribution is 0.660. The summed E-state index contributed by atoms with van der Waals surface area (Å²) in [7, 11) is 2.42. The minimum absolute atomic E-state index is 0.165. The van der Waals surface area contributed by atoms with E-state index in [0.717, 1.165) is 28.4 Å². The van der Waals surface area contributed by atoms with Crippen molar-refractivity contribution in [2.75, 3.05) is 10.2 Å². The second-order valence-corrected chi connectivity index (χ2v) is 15.2. The zero-order chi connectivity index (χ0) is 36.7. The van der Waals surface area contributed by atoms with Crippen LogP contribution in [0.2, 0.25) is 0 Å². The monoisotopic (exact) mass is 702 g/mol. The Morgan fingerprint density at radius 1 is 0.545 bits per heavy atom. The van der Waals surface area contributed by atoms with Crippen molar-refractivity contribution in [3.8, 4) is 27.9 Å². The van der Waals surface area contributed by atoms with Crippen molar-refractivity contribution in [2.24, 2.45) is 0 Å². The summed E-state index contributed by atoms with van der Waals surface area (Å²) in [4.78, 5) is 2.44. The Bertz CT molecular complexity index is 2910. The fraction of sp³-hybridized carbons (Fsp3) is 0.0588. The van der Waals surface area contributed by atoms with Gasteiger partial charge in [0.1, 0.15) is 0 Å². The number of rotatable bonds is 6. The second-order valence-electron chi connectivity index (χ2n) is 15.2. The molecule has 11 rings (SSSR count). The van der Waals surface area contributed by atoms with Gasteiger partial charge < -0.3 is 14.8 Å². The normalized spacial score (nSPS) is 13.2. The molecular formula is C51H37BN3. The summed E-state index contributed by atoms with van der Waals surface area (Å²) in [6, 6.07) is 66.2. The summed E-state index contributed by atoms with van der Waals surface area (Å²) in [5.74, 6) is 0. The first-order valence-corrected chi connectivity index (χ1v) is 19.1. The predicted molar refractivity (Wildman–Crippen MR) is 233 cm³/mol. The third-order valence-corrected chi connectivity index (χ3v) is 11.8. The maximum absolute atomic E-state index is 3.91. The van der Waals surface area contributed by atoms with Crippen molar-refractivity contribution in [3.63, 3.8) is 0 Å².